The van der Waals surface area contributed by atoms with Crippen LogP contribution in [0.3, 0.4) is 0 Å². The summed E-state index contributed by atoms with van der Waals surface area (Å²) in [6.07, 6.45) is 0. The Hall–Kier alpha value is -1.75. The molecule has 0 bridgehead atoms. The van der Waals surface area contributed by atoms with Crippen LogP contribution in [0.2, 0.25) is 5.02 Å². The molecule has 1 rings (SSSR count). The van der Waals surface area contributed by atoms with Gasteiger partial charge in [0.2, 0.25) is 0 Å². The van der Waals surface area contributed by atoms with E-state index in [0.29, 0.717) is 10.6 Å². The molecule has 0 aromatic heterocycles. The summed E-state index contributed by atoms with van der Waals surface area (Å²) in [6, 6.07) is 5.02. The summed E-state index contributed by atoms with van der Waals surface area (Å²) >= 11 is 5.94. The molecule has 1 aromatic carbocycles. The summed E-state index contributed by atoms with van der Waals surface area (Å²) in [5.74, 6) is -0.186. The molecule has 1 aromatic rings. The first-order valence-electron chi connectivity index (χ1n) is 5.90. The SMILES string of the molecule is Cc1cc(C(=O)N(C/C(N)=N/O)C(C)C)ccc1Cl. The highest BCUT2D eigenvalue weighted by Gasteiger charge is 2.20. The van der Waals surface area contributed by atoms with Gasteiger partial charge in [0, 0.05) is 16.6 Å². The average molecular weight is 284 g/mol. The Labute approximate surface area is 117 Å². The second-order valence-corrected chi connectivity index (χ2v) is 4.99. The lowest BCUT2D eigenvalue weighted by atomic mass is 10.1. The fraction of sp³-hybridized carbons (Fsp3) is 0.385. The van der Waals surface area contributed by atoms with Crippen molar-refractivity contribution in [1.29, 1.82) is 0 Å². The third-order valence-corrected chi connectivity index (χ3v) is 3.17. The lowest BCUT2D eigenvalue weighted by Gasteiger charge is -2.26. The van der Waals surface area contributed by atoms with Gasteiger partial charge in [-0.05, 0) is 44.5 Å². The van der Waals surface area contributed by atoms with E-state index in [0.717, 1.165) is 5.56 Å². The van der Waals surface area contributed by atoms with Crippen molar-refractivity contribution < 1.29 is 10.0 Å². The van der Waals surface area contributed by atoms with Gasteiger partial charge in [-0.2, -0.15) is 0 Å². The van der Waals surface area contributed by atoms with Crippen molar-refractivity contribution in [2.24, 2.45) is 10.9 Å². The number of oxime groups is 1. The Bertz CT molecular complexity index is 501. The maximum atomic E-state index is 12.4. The third-order valence-electron chi connectivity index (χ3n) is 2.75. The van der Waals surface area contributed by atoms with Gasteiger partial charge in [-0.3, -0.25) is 4.79 Å². The van der Waals surface area contributed by atoms with Gasteiger partial charge in [-0.25, -0.2) is 0 Å². The fourth-order valence-electron chi connectivity index (χ4n) is 1.64. The van der Waals surface area contributed by atoms with Gasteiger partial charge in [-0.15, -0.1) is 0 Å². The third kappa shape index (κ3) is 3.86. The summed E-state index contributed by atoms with van der Waals surface area (Å²) in [5.41, 5.74) is 6.83. The van der Waals surface area contributed by atoms with E-state index < -0.39 is 0 Å². The Morgan fingerprint density at radius 2 is 2.16 bits per heavy atom. The molecule has 6 heteroatoms. The van der Waals surface area contributed by atoms with Gasteiger partial charge in [0.05, 0.1) is 6.54 Å². The monoisotopic (exact) mass is 283 g/mol. The Morgan fingerprint density at radius 3 is 2.63 bits per heavy atom. The first-order valence-corrected chi connectivity index (χ1v) is 6.28. The molecule has 0 saturated carbocycles. The van der Waals surface area contributed by atoms with E-state index in [-0.39, 0.29) is 24.3 Å². The summed E-state index contributed by atoms with van der Waals surface area (Å²) in [5, 5.41) is 12.1. The molecule has 0 saturated heterocycles. The Kier molecular flexibility index (Phi) is 5.18. The summed E-state index contributed by atoms with van der Waals surface area (Å²) in [7, 11) is 0. The minimum absolute atomic E-state index is 0.00673. The average Bonchev–Trinajstić information content (AvgIpc) is 2.37. The van der Waals surface area contributed by atoms with Gasteiger partial charge in [0.15, 0.2) is 5.84 Å². The van der Waals surface area contributed by atoms with E-state index in [2.05, 4.69) is 5.16 Å². The van der Waals surface area contributed by atoms with Crippen molar-refractivity contribution >= 4 is 23.3 Å². The topological polar surface area (TPSA) is 78.9 Å². The van der Waals surface area contributed by atoms with Crippen molar-refractivity contribution in [3.05, 3.63) is 34.3 Å². The largest absolute Gasteiger partial charge is 0.409 e. The van der Waals surface area contributed by atoms with Crippen LogP contribution in [0, 0.1) is 6.92 Å². The number of hydrogen-bond acceptors (Lipinski definition) is 3. The first-order chi connectivity index (χ1) is 8.86. The molecule has 0 aliphatic carbocycles. The van der Waals surface area contributed by atoms with Gasteiger partial charge >= 0.3 is 0 Å². The van der Waals surface area contributed by atoms with Crippen molar-refractivity contribution in [1.82, 2.24) is 4.90 Å². The van der Waals surface area contributed by atoms with Crippen LogP contribution in [0.4, 0.5) is 0 Å². The highest BCUT2D eigenvalue weighted by molar-refractivity contribution is 6.31. The molecular formula is C13H18ClN3O2. The number of nitrogens with zero attached hydrogens (tertiary/aromatic N) is 2. The molecule has 0 spiro atoms. The van der Waals surface area contributed by atoms with Crippen LogP contribution < -0.4 is 5.73 Å². The van der Waals surface area contributed by atoms with Gasteiger partial charge in [-0.1, -0.05) is 16.8 Å². The Morgan fingerprint density at radius 1 is 1.53 bits per heavy atom. The molecule has 19 heavy (non-hydrogen) atoms. The van der Waals surface area contributed by atoms with E-state index in [1.54, 1.807) is 18.2 Å². The van der Waals surface area contributed by atoms with Crippen molar-refractivity contribution in [3.8, 4) is 0 Å². The fourth-order valence-corrected chi connectivity index (χ4v) is 1.76. The molecule has 104 valence electrons. The molecule has 3 N–H and O–H groups in total. The zero-order chi connectivity index (χ0) is 14.6. The molecule has 0 fully saturated rings. The highest BCUT2D eigenvalue weighted by Crippen LogP contribution is 2.18. The van der Waals surface area contributed by atoms with Crippen molar-refractivity contribution in [3.63, 3.8) is 0 Å². The number of rotatable bonds is 4. The molecule has 0 heterocycles. The van der Waals surface area contributed by atoms with Crippen molar-refractivity contribution in [2.45, 2.75) is 26.8 Å². The van der Waals surface area contributed by atoms with Crippen LogP contribution in [0.5, 0.6) is 0 Å². The number of amidine groups is 1. The lowest BCUT2D eigenvalue weighted by Crippen LogP contribution is -2.42. The van der Waals surface area contributed by atoms with Crippen LogP contribution in [0.15, 0.2) is 23.4 Å². The van der Waals surface area contributed by atoms with Crippen LogP contribution in [-0.2, 0) is 0 Å². The van der Waals surface area contributed by atoms with E-state index in [4.69, 9.17) is 22.5 Å². The highest BCUT2D eigenvalue weighted by atomic mass is 35.5. The quantitative estimate of drug-likeness (QED) is 0.385. The van der Waals surface area contributed by atoms with E-state index in [9.17, 15) is 4.79 Å². The van der Waals surface area contributed by atoms with Gasteiger partial charge in [0.25, 0.3) is 5.91 Å². The minimum Gasteiger partial charge on any atom is -0.409 e. The van der Waals surface area contributed by atoms with Crippen LogP contribution in [0.1, 0.15) is 29.8 Å². The number of aryl methyl sites for hydroxylation is 1. The van der Waals surface area contributed by atoms with Gasteiger partial charge in [0.1, 0.15) is 0 Å². The number of halogens is 1. The second kappa shape index (κ2) is 6.43. The van der Waals surface area contributed by atoms with Gasteiger partial charge < -0.3 is 15.8 Å². The zero-order valence-corrected chi connectivity index (χ0v) is 12.0. The molecule has 0 aliphatic heterocycles. The van der Waals surface area contributed by atoms with Crippen LogP contribution in [0.25, 0.3) is 0 Å². The predicted molar refractivity (Wildman–Crippen MR) is 75.8 cm³/mol. The number of nitrogens with two attached hydrogens (primary N) is 1. The van der Waals surface area contributed by atoms with E-state index >= 15 is 0 Å². The van der Waals surface area contributed by atoms with E-state index in [1.807, 2.05) is 20.8 Å². The standard InChI is InChI=1S/C13H18ClN3O2/c1-8(2)17(7-12(15)16-19)13(18)10-4-5-11(14)9(3)6-10/h4-6,8,19H,7H2,1-3H3,(H2,15,16). The number of carbonyl (C=O) groups is 1. The van der Waals surface area contributed by atoms with E-state index in [1.165, 1.54) is 4.90 Å². The summed E-state index contributed by atoms with van der Waals surface area (Å²) in [4.78, 5) is 13.9. The van der Waals surface area contributed by atoms with Crippen LogP contribution >= 0.6 is 11.6 Å². The van der Waals surface area contributed by atoms with Crippen molar-refractivity contribution in [2.75, 3.05) is 6.54 Å². The second-order valence-electron chi connectivity index (χ2n) is 4.58. The maximum absolute atomic E-state index is 12.4. The minimum atomic E-state index is -0.179. The molecule has 0 atom stereocenters. The lowest BCUT2D eigenvalue weighted by molar-refractivity contribution is 0.0734. The first kappa shape index (κ1) is 15.3. The number of hydrogen-bond donors (Lipinski definition) is 2. The molecule has 0 unspecified atom stereocenters. The number of benzene rings is 1. The zero-order valence-electron chi connectivity index (χ0n) is 11.2. The molecular weight excluding hydrogens is 266 g/mol. The normalized spacial score (nSPS) is 11.7. The Balaban J connectivity index is 3.02. The van der Waals surface area contributed by atoms with Crippen LogP contribution in [-0.4, -0.2) is 34.4 Å². The smallest absolute Gasteiger partial charge is 0.254 e. The molecule has 1 amide bonds. The number of carbonyl (C=O) groups excluding carboxylic acids is 1. The molecule has 5 nitrogen and oxygen atoms in total. The molecule has 0 aliphatic rings. The summed E-state index contributed by atoms with van der Waals surface area (Å²) < 4.78 is 0. The number of amides is 1. The predicted octanol–water partition coefficient (Wildman–Crippen LogP) is 2.25. The maximum Gasteiger partial charge on any atom is 0.254 e. The molecule has 0 radical (unpaired) electrons. The summed E-state index contributed by atoms with van der Waals surface area (Å²) in [6.45, 7) is 5.65.